The van der Waals surface area contributed by atoms with Crippen LogP contribution >= 0.6 is 34.8 Å². The number of carboxylic acid groups (broad SMARTS) is 1. The number of carbonyl (C=O) groups excluding carboxylic acids is 1. The maximum absolute atomic E-state index is 12.9. The lowest BCUT2D eigenvalue weighted by Gasteiger charge is -2.24. The fourth-order valence-corrected chi connectivity index (χ4v) is 4.54. The Hall–Kier alpha value is -3.36. The molecule has 3 aromatic carbocycles. The highest BCUT2D eigenvalue weighted by Gasteiger charge is 2.30. The summed E-state index contributed by atoms with van der Waals surface area (Å²) in [5, 5.41) is 18.2. The van der Waals surface area contributed by atoms with Crippen LogP contribution in [0.25, 0.3) is 16.9 Å². The molecule has 4 rings (SSSR count). The largest absolute Gasteiger partial charge is 0.478 e. The summed E-state index contributed by atoms with van der Waals surface area (Å²) in [5.74, 6) is -1.32. The van der Waals surface area contributed by atoms with Gasteiger partial charge in [-0.3, -0.25) is 4.79 Å². The summed E-state index contributed by atoms with van der Waals surface area (Å²) in [5.41, 5.74) is 3.61. The van der Waals surface area contributed by atoms with Crippen molar-refractivity contribution in [3.05, 3.63) is 104 Å². The van der Waals surface area contributed by atoms with Crippen LogP contribution in [-0.2, 0) is 22.7 Å². The molecular formula is C29H26Cl3N3O4. The number of halogens is 3. The zero-order valence-electron chi connectivity index (χ0n) is 21.5. The Balaban J connectivity index is 1.55. The Morgan fingerprint density at radius 3 is 2.23 bits per heavy atom. The predicted octanol–water partition coefficient (Wildman–Crippen LogP) is 7.12. The number of hydrogen-bond donors (Lipinski definition) is 2. The monoisotopic (exact) mass is 585 g/mol. The van der Waals surface area contributed by atoms with E-state index in [4.69, 9.17) is 49.7 Å². The lowest BCUT2D eigenvalue weighted by atomic mass is 10.1. The third kappa shape index (κ3) is 6.62. The minimum Gasteiger partial charge on any atom is -0.478 e. The molecule has 4 aromatic rings. The van der Waals surface area contributed by atoms with Crippen molar-refractivity contribution >= 4 is 46.7 Å². The van der Waals surface area contributed by atoms with E-state index >= 15 is 0 Å². The van der Waals surface area contributed by atoms with Gasteiger partial charge in [0.1, 0.15) is 5.60 Å². The molecule has 0 bridgehead atoms. The number of aromatic nitrogens is 2. The van der Waals surface area contributed by atoms with Crippen LogP contribution in [0.15, 0.2) is 66.7 Å². The highest BCUT2D eigenvalue weighted by Crippen LogP contribution is 2.33. The van der Waals surface area contributed by atoms with Gasteiger partial charge in [0.2, 0.25) is 0 Å². The number of hydrogen-bond acceptors (Lipinski definition) is 4. The number of aromatic carboxylic acids is 1. The van der Waals surface area contributed by atoms with Crippen molar-refractivity contribution < 1.29 is 19.4 Å². The second kappa shape index (κ2) is 11.8. The summed E-state index contributed by atoms with van der Waals surface area (Å²) in [6, 6.07) is 18.9. The van der Waals surface area contributed by atoms with E-state index in [1.54, 1.807) is 61.0 Å². The summed E-state index contributed by atoms with van der Waals surface area (Å²) in [4.78, 5) is 24.0. The maximum Gasteiger partial charge on any atom is 0.335 e. The molecule has 0 saturated heterocycles. The molecule has 1 heterocycles. The number of amides is 1. The molecule has 0 aliphatic heterocycles. The van der Waals surface area contributed by atoms with Crippen LogP contribution < -0.4 is 5.32 Å². The van der Waals surface area contributed by atoms with Crippen LogP contribution in [0, 0.1) is 6.92 Å². The molecule has 0 saturated carbocycles. The molecule has 7 nitrogen and oxygen atoms in total. The van der Waals surface area contributed by atoms with Crippen LogP contribution in [0.4, 0.5) is 0 Å². The zero-order chi connectivity index (χ0) is 28.3. The van der Waals surface area contributed by atoms with E-state index in [-0.39, 0.29) is 24.6 Å². The third-order valence-corrected chi connectivity index (χ3v) is 7.04. The van der Waals surface area contributed by atoms with E-state index in [1.807, 2.05) is 19.1 Å². The van der Waals surface area contributed by atoms with E-state index in [1.165, 1.54) is 12.1 Å². The molecule has 0 fully saturated rings. The molecule has 0 unspecified atom stereocenters. The Morgan fingerprint density at radius 2 is 1.62 bits per heavy atom. The number of carbonyl (C=O) groups is 2. The fourth-order valence-electron chi connectivity index (χ4n) is 3.93. The van der Waals surface area contributed by atoms with Gasteiger partial charge >= 0.3 is 5.97 Å². The lowest BCUT2D eigenvalue weighted by molar-refractivity contribution is -0.144. The van der Waals surface area contributed by atoms with Crippen molar-refractivity contribution in [2.75, 3.05) is 0 Å². The molecule has 2 N–H and O–H groups in total. The van der Waals surface area contributed by atoms with Gasteiger partial charge in [-0.15, -0.1) is 0 Å². The Labute approximate surface area is 241 Å². The molecule has 0 spiro atoms. The van der Waals surface area contributed by atoms with Crippen molar-refractivity contribution in [1.82, 2.24) is 15.1 Å². The SMILES string of the molecule is Cc1c(COC(C)(C)C(=O)NCc2ccc(C(=O)O)cc2)nn(-c2ccc(Cl)cc2Cl)c1-c1ccc(Cl)cc1. The fraction of sp³-hybridized carbons (Fsp3) is 0.207. The van der Waals surface area contributed by atoms with Gasteiger partial charge in [0, 0.05) is 27.7 Å². The molecule has 39 heavy (non-hydrogen) atoms. The third-order valence-electron chi connectivity index (χ3n) is 6.25. The first-order chi connectivity index (χ1) is 18.5. The van der Waals surface area contributed by atoms with E-state index < -0.39 is 11.6 Å². The van der Waals surface area contributed by atoms with Crippen LogP contribution in [0.1, 0.15) is 41.0 Å². The first-order valence-electron chi connectivity index (χ1n) is 12.0. The smallest absolute Gasteiger partial charge is 0.335 e. The van der Waals surface area contributed by atoms with Crippen molar-refractivity contribution in [1.29, 1.82) is 0 Å². The number of nitrogens with one attached hydrogen (secondary N) is 1. The number of ether oxygens (including phenoxy) is 1. The molecule has 1 aromatic heterocycles. The Bertz CT molecular complexity index is 1510. The van der Waals surface area contributed by atoms with Crippen LogP contribution in [-0.4, -0.2) is 32.4 Å². The van der Waals surface area contributed by atoms with Gasteiger partial charge in [-0.05, 0) is 68.8 Å². The topological polar surface area (TPSA) is 93.4 Å². The van der Waals surface area contributed by atoms with Crippen LogP contribution in [0.5, 0.6) is 0 Å². The van der Waals surface area contributed by atoms with Gasteiger partial charge in [-0.1, -0.05) is 59.1 Å². The first kappa shape index (κ1) is 28.6. The van der Waals surface area contributed by atoms with Crippen molar-refractivity contribution in [3.63, 3.8) is 0 Å². The molecule has 0 aliphatic carbocycles. The second-order valence-electron chi connectivity index (χ2n) is 9.42. The summed E-state index contributed by atoms with van der Waals surface area (Å²) in [6.07, 6.45) is 0. The summed E-state index contributed by atoms with van der Waals surface area (Å²) in [7, 11) is 0. The van der Waals surface area contributed by atoms with E-state index in [2.05, 4.69) is 5.32 Å². The molecule has 1 amide bonds. The lowest BCUT2D eigenvalue weighted by Crippen LogP contribution is -2.43. The number of rotatable bonds is 9. The average molecular weight is 587 g/mol. The van der Waals surface area contributed by atoms with Crippen molar-refractivity contribution in [3.8, 4) is 16.9 Å². The van der Waals surface area contributed by atoms with E-state index in [0.29, 0.717) is 26.4 Å². The van der Waals surface area contributed by atoms with Crippen LogP contribution in [0.2, 0.25) is 15.1 Å². The minimum absolute atomic E-state index is 0.0678. The maximum atomic E-state index is 12.9. The van der Waals surface area contributed by atoms with Gasteiger partial charge in [-0.2, -0.15) is 5.10 Å². The first-order valence-corrected chi connectivity index (χ1v) is 13.1. The number of carboxylic acids is 1. The van der Waals surface area contributed by atoms with E-state index in [9.17, 15) is 9.59 Å². The average Bonchev–Trinajstić information content (AvgIpc) is 3.22. The highest BCUT2D eigenvalue weighted by atomic mass is 35.5. The standard InChI is InChI=1S/C29H26Cl3N3O4/c1-17-24(16-39-29(2,3)28(38)33-15-18-4-6-20(7-5-18)27(36)37)34-35(25-13-12-22(31)14-23(25)32)26(17)19-8-10-21(30)11-9-19/h4-14H,15-16H2,1-3H3,(H,33,38)(H,36,37). The highest BCUT2D eigenvalue weighted by molar-refractivity contribution is 6.35. The summed E-state index contributed by atoms with van der Waals surface area (Å²) >= 11 is 18.8. The normalized spacial score (nSPS) is 11.4. The molecular weight excluding hydrogens is 561 g/mol. The Morgan fingerprint density at radius 1 is 0.974 bits per heavy atom. The summed E-state index contributed by atoms with van der Waals surface area (Å²) in [6.45, 7) is 5.59. The predicted molar refractivity (Wildman–Crippen MR) is 153 cm³/mol. The minimum atomic E-state index is -1.17. The molecule has 0 aliphatic rings. The van der Waals surface area contributed by atoms with Gasteiger partial charge in [0.05, 0.1) is 34.3 Å². The molecule has 10 heteroatoms. The van der Waals surface area contributed by atoms with Gasteiger partial charge in [0.15, 0.2) is 0 Å². The number of benzene rings is 3. The van der Waals surface area contributed by atoms with Crippen LogP contribution in [0.3, 0.4) is 0 Å². The molecule has 202 valence electrons. The van der Waals surface area contributed by atoms with E-state index in [0.717, 1.165) is 22.4 Å². The molecule has 0 radical (unpaired) electrons. The number of nitrogens with zero attached hydrogens (tertiary/aromatic N) is 2. The second-order valence-corrected chi connectivity index (χ2v) is 10.7. The van der Waals surface area contributed by atoms with Gasteiger partial charge in [0.25, 0.3) is 5.91 Å². The quantitative estimate of drug-likeness (QED) is 0.218. The van der Waals surface area contributed by atoms with Gasteiger partial charge in [-0.25, -0.2) is 9.48 Å². The van der Waals surface area contributed by atoms with Crippen molar-refractivity contribution in [2.24, 2.45) is 0 Å². The Kier molecular flexibility index (Phi) is 8.67. The summed E-state index contributed by atoms with van der Waals surface area (Å²) < 4.78 is 7.80. The van der Waals surface area contributed by atoms with Gasteiger partial charge < -0.3 is 15.2 Å². The molecule has 0 atom stereocenters. The zero-order valence-corrected chi connectivity index (χ0v) is 23.7. The van der Waals surface area contributed by atoms with Crippen molar-refractivity contribution in [2.45, 2.75) is 39.5 Å².